The maximum absolute atomic E-state index is 6.37. The highest BCUT2D eigenvalue weighted by molar-refractivity contribution is 6.31. The molecular weight excluding hydrogens is 415 g/mol. The average molecular weight is 447 g/mol. The highest BCUT2D eigenvalue weighted by Gasteiger charge is 2.15. The van der Waals surface area contributed by atoms with Gasteiger partial charge in [-0.15, -0.1) is 0 Å². The Labute approximate surface area is 190 Å². The quantitative estimate of drug-likeness (QED) is 0.410. The van der Waals surface area contributed by atoms with Crippen molar-refractivity contribution in [1.82, 2.24) is 14.5 Å². The standard InChI is InChI=1S/C24H32Cl2N4/c1-27(2)13-5-15-29(16-6-14-28(3)4)30-18-23(19-7-9-20(25)10-8-19)22-17-21(26)11-12-24(22)30/h7-12,17-18H,5-6,13-16H2,1-4H3. The van der Waals surface area contributed by atoms with Crippen LogP contribution in [0.25, 0.3) is 22.0 Å². The van der Waals surface area contributed by atoms with E-state index in [0.29, 0.717) is 0 Å². The third-order valence-corrected chi connectivity index (χ3v) is 5.74. The Morgan fingerprint density at radius 3 is 1.87 bits per heavy atom. The lowest BCUT2D eigenvalue weighted by Gasteiger charge is -2.28. The van der Waals surface area contributed by atoms with Crippen LogP contribution in [0.4, 0.5) is 0 Å². The van der Waals surface area contributed by atoms with Gasteiger partial charge in [-0.1, -0.05) is 35.3 Å². The minimum absolute atomic E-state index is 0.745. The molecule has 0 N–H and O–H groups in total. The molecule has 2 aromatic carbocycles. The van der Waals surface area contributed by atoms with Gasteiger partial charge >= 0.3 is 0 Å². The van der Waals surface area contributed by atoms with Crippen LogP contribution in [0.15, 0.2) is 48.7 Å². The van der Waals surface area contributed by atoms with Gasteiger partial charge in [-0.2, -0.15) is 0 Å². The summed E-state index contributed by atoms with van der Waals surface area (Å²) in [5.41, 5.74) is 3.50. The first-order valence-electron chi connectivity index (χ1n) is 10.5. The van der Waals surface area contributed by atoms with Gasteiger partial charge in [0.1, 0.15) is 0 Å². The van der Waals surface area contributed by atoms with Crippen LogP contribution in [0.2, 0.25) is 10.0 Å². The van der Waals surface area contributed by atoms with Crippen molar-refractivity contribution in [3.05, 3.63) is 58.7 Å². The molecule has 6 heteroatoms. The number of hydrogen-bond acceptors (Lipinski definition) is 3. The van der Waals surface area contributed by atoms with Gasteiger partial charge in [-0.3, -0.25) is 4.68 Å². The first kappa shape index (κ1) is 23.0. The molecule has 0 bridgehead atoms. The Morgan fingerprint density at radius 1 is 0.733 bits per heavy atom. The van der Waals surface area contributed by atoms with E-state index in [1.165, 1.54) is 11.1 Å². The van der Waals surface area contributed by atoms with Crippen molar-refractivity contribution in [1.29, 1.82) is 0 Å². The minimum atomic E-state index is 0.745. The third-order valence-electron chi connectivity index (χ3n) is 5.25. The van der Waals surface area contributed by atoms with Crippen molar-refractivity contribution >= 4 is 34.1 Å². The van der Waals surface area contributed by atoms with Gasteiger partial charge in [0.15, 0.2) is 0 Å². The largest absolute Gasteiger partial charge is 0.313 e. The Bertz CT molecular complexity index is 934. The van der Waals surface area contributed by atoms with Crippen molar-refractivity contribution in [2.75, 3.05) is 59.4 Å². The predicted octanol–water partition coefficient (Wildman–Crippen LogP) is 5.46. The zero-order valence-corrected chi connectivity index (χ0v) is 19.9. The zero-order chi connectivity index (χ0) is 21.7. The van der Waals surface area contributed by atoms with Crippen LogP contribution in [0, 0.1) is 0 Å². The smallest absolute Gasteiger partial charge is 0.0702 e. The summed E-state index contributed by atoms with van der Waals surface area (Å²) < 4.78 is 2.32. The first-order chi connectivity index (χ1) is 14.3. The maximum Gasteiger partial charge on any atom is 0.0702 e. The van der Waals surface area contributed by atoms with E-state index >= 15 is 0 Å². The minimum Gasteiger partial charge on any atom is -0.313 e. The Hall–Kier alpha value is -1.72. The summed E-state index contributed by atoms with van der Waals surface area (Å²) >= 11 is 12.5. The van der Waals surface area contributed by atoms with E-state index in [0.717, 1.165) is 60.0 Å². The lowest BCUT2D eigenvalue weighted by atomic mass is 10.1. The van der Waals surface area contributed by atoms with Crippen LogP contribution in [-0.4, -0.2) is 68.8 Å². The molecule has 0 aliphatic rings. The zero-order valence-electron chi connectivity index (χ0n) is 18.4. The summed E-state index contributed by atoms with van der Waals surface area (Å²) in [7, 11) is 8.51. The Morgan fingerprint density at radius 2 is 1.30 bits per heavy atom. The second kappa shape index (κ2) is 10.5. The Kier molecular flexibility index (Phi) is 8.06. The first-order valence-corrected chi connectivity index (χ1v) is 11.2. The van der Waals surface area contributed by atoms with Gasteiger partial charge in [-0.05, 0) is 90.0 Å². The predicted molar refractivity (Wildman–Crippen MR) is 132 cm³/mol. The SMILES string of the molecule is CN(C)CCCN(CCCN(C)C)n1cc(-c2ccc(Cl)cc2)c2cc(Cl)ccc21. The van der Waals surface area contributed by atoms with Crippen molar-refractivity contribution in [3.63, 3.8) is 0 Å². The van der Waals surface area contributed by atoms with Crippen LogP contribution in [-0.2, 0) is 0 Å². The van der Waals surface area contributed by atoms with E-state index in [4.69, 9.17) is 23.2 Å². The molecule has 0 spiro atoms. The number of rotatable bonds is 10. The van der Waals surface area contributed by atoms with E-state index < -0.39 is 0 Å². The summed E-state index contributed by atoms with van der Waals surface area (Å²) in [6, 6.07) is 14.2. The molecule has 0 saturated carbocycles. The molecule has 0 aliphatic heterocycles. The van der Waals surface area contributed by atoms with Gasteiger partial charge in [0.2, 0.25) is 0 Å². The summed E-state index contributed by atoms with van der Waals surface area (Å²) in [5.74, 6) is 0. The van der Waals surface area contributed by atoms with Crippen molar-refractivity contribution in [2.45, 2.75) is 12.8 Å². The van der Waals surface area contributed by atoms with Crippen molar-refractivity contribution in [2.24, 2.45) is 0 Å². The monoisotopic (exact) mass is 446 g/mol. The van der Waals surface area contributed by atoms with Gasteiger partial charge < -0.3 is 14.8 Å². The van der Waals surface area contributed by atoms with Crippen LogP contribution >= 0.6 is 23.2 Å². The summed E-state index contributed by atoms with van der Waals surface area (Å²) in [6.07, 6.45) is 4.46. The van der Waals surface area contributed by atoms with E-state index in [2.05, 4.69) is 78.1 Å². The number of nitrogens with zero attached hydrogens (tertiary/aromatic N) is 4. The third kappa shape index (κ3) is 5.92. The molecule has 162 valence electrons. The van der Waals surface area contributed by atoms with Crippen LogP contribution in [0.3, 0.4) is 0 Å². The van der Waals surface area contributed by atoms with E-state index in [1.807, 2.05) is 18.2 Å². The second-order valence-electron chi connectivity index (χ2n) is 8.32. The number of halogens is 2. The van der Waals surface area contributed by atoms with E-state index in [9.17, 15) is 0 Å². The van der Waals surface area contributed by atoms with Crippen LogP contribution in [0.1, 0.15) is 12.8 Å². The Balaban J connectivity index is 1.99. The number of aromatic nitrogens is 1. The molecule has 0 amide bonds. The molecule has 3 rings (SSSR count). The van der Waals surface area contributed by atoms with Crippen LogP contribution < -0.4 is 5.01 Å². The van der Waals surface area contributed by atoms with E-state index in [-0.39, 0.29) is 0 Å². The molecule has 0 saturated heterocycles. The molecule has 30 heavy (non-hydrogen) atoms. The molecule has 0 radical (unpaired) electrons. The van der Waals surface area contributed by atoms with Gasteiger partial charge in [0.05, 0.1) is 5.52 Å². The fraction of sp³-hybridized carbons (Fsp3) is 0.417. The van der Waals surface area contributed by atoms with Gasteiger partial charge in [0.25, 0.3) is 0 Å². The molecule has 0 fully saturated rings. The average Bonchev–Trinajstić information content (AvgIpc) is 3.05. The number of benzene rings is 2. The molecule has 1 heterocycles. The number of fused-ring (bicyclic) bond motifs is 1. The normalized spacial score (nSPS) is 11.7. The molecule has 0 aliphatic carbocycles. The molecule has 3 aromatic rings. The van der Waals surface area contributed by atoms with Crippen molar-refractivity contribution < 1.29 is 0 Å². The van der Waals surface area contributed by atoms with Crippen LogP contribution in [0.5, 0.6) is 0 Å². The lowest BCUT2D eigenvalue weighted by molar-refractivity contribution is 0.378. The molecule has 0 atom stereocenters. The topological polar surface area (TPSA) is 14.7 Å². The highest BCUT2D eigenvalue weighted by atomic mass is 35.5. The lowest BCUT2D eigenvalue weighted by Crippen LogP contribution is -2.38. The van der Waals surface area contributed by atoms with E-state index in [1.54, 1.807) is 0 Å². The second-order valence-corrected chi connectivity index (χ2v) is 9.20. The highest BCUT2D eigenvalue weighted by Crippen LogP contribution is 2.33. The van der Waals surface area contributed by atoms with Crippen molar-refractivity contribution in [3.8, 4) is 11.1 Å². The summed E-state index contributed by atoms with van der Waals surface area (Å²) in [6.45, 7) is 4.13. The molecule has 4 nitrogen and oxygen atoms in total. The molecular formula is C24H32Cl2N4. The fourth-order valence-electron chi connectivity index (χ4n) is 3.74. The maximum atomic E-state index is 6.37. The molecule has 0 unspecified atom stereocenters. The molecule has 1 aromatic heterocycles. The number of hydrogen-bond donors (Lipinski definition) is 0. The fourth-order valence-corrected chi connectivity index (χ4v) is 4.04. The van der Waals surface area contributed by atoms with Gasteiger partial charge in [0, 0.05) is 40.3 Å². The summed E-state index contributed by atoms with van der Waals surface area (Å²) in [4.78, 5) is 4.48. The summed E-state index contributed by atoms with van der Waals surface area (Å²) in [5, 5.41) is 5.12. The van der Waals surface area contributed by atoms with Gasteiger partial charge in [-0.25, -0.2) is 0 Å².